The Bertz CT molecular complexity index is 962. The molecule has 6 heteroatoms. The van der Waals surface area contributed by atoms with Crippen LogP contribution in [0.2, 0.25) is 0 Å². The molecule has 0 atom stereocenters. The third-order valence-electron chi connectivity index (χ3n) is 3.75. The van der Waals surface area contributed by atoms with Gasteiger partial charge in [0, 0.05) is 23.4 Å². The lowest BCUT2D eigenvalue weighted by molar-refractivity contribution is 0.326. The topological polar surface area (TPSA) is 83.9 Å². The molecule has 0 saturated carbocycles. The number of benzene rings is 2. The molecule has 124 valence electrons. The van der Waals surface area contributed by atoms with E-state index in [-0.39, 0.29) is 16.6 Å². The van der Waals surface area contributed by atoms with E-state index in [2.05, 4.69) is 0 Å². The van der Waals surface area contributed by atoms with Crippen molar-refractivity contribution in [1.29, 1.82) is 0 Å². The number of fused-ring (bicyclic) bond motifs is 1. The van der Waals surface area contributed by atoms with E-state index in [0.717, 1.165) is 0 Å². The second kappa shape index (κ2) is 6.16. The number of ether oxygens (including phenoxy) is 3. The lowest BCUT2D eigenvalue weighted by Gasteiger charge is -2.14. The zero-order valence-electron chi connectivity index (χ0n) is 13.6. The van der Waals surface area contributed by atoms with Crippen LogP contribution in [0.3, 0.4) is 0 Å². The van der Waals surface area contributed by atoms with Crippen molar-refractivity contribution < 1.29 is 18.6 Å². The third kappa shape index (κ3) is 2.42. The van der Waals surface area contributed by atoms with Crippen LogP contribution in [0.4, 0.5) is 5.69 Å². The van der Waals surface area contributed by atoms with Gasteiger partial charge < -0.3 is 24.4 Å². The third-order valence-corrected chi connectivity index (χ3v) is 3.75. The number of methoxy groups -OCH3 is 3. The maximum absolute atomic E-state index is 12.7. The molecule has 3 aromatic rings. The molecule has 2 aromatic carbocycles. The minimum Gasteiger partial charge on any atom is -0.493 e. The van der Waals surface area contributed by atoms with Crippen molar-refractivity contribution in [2.24, 2.45) is 0 Å². The molecule has 0 spiro atoms. The SMILES string of the molecule is COc1cc2oc(-c3ccccc3N)cc(=O)c2c(OC)c1OC. The van der Waals surface area contributed by atoms with E-state index in [4.69, 9.17) is 24.4 Å². The Morgan fingerprint density at radius 2 is 1.67 bits per heavy atom. The number of nitrogens with two attached hydrogens (primary N) is 1. The summed E-state index contributed by atoms with van der Waals surface area (Å²) in [4.78, 5) is 12.7. The molecule has 0 aliphatic rings. The van der Waals surface area contributed by atoms with E-state index in [1.807, 2.05) is 12.1 Å². The van der Waals surface area contributed by atoms with E-state index < -0.39 is 0 Å². The Hall–Kier alpha value is -3.15. The fraction of sp³-hybridized carbons (Fsp3) is 0.167. The highest BCUT2D eigenvalue weighted by molar-refractivity contribution is 5.90. The van der Waals surface area contributed by atoms with Gasteiger partial charge in [0.25, 0.3) is 0 Å². The van der Waals surface area contributed by atoms with Gasteiger partial charge in [0.2, 0.25) is 5.75 Å². The van der Waals surface area contributed by atoms with Gasteiger partial charge in [0.1, 0.15) is 16.7 Å². The molecule has 2 N–H and O–H groups in total. The van der Waals surface area contributed by atoms with Crippen LogP contribution in [0.25, 0.3) is 22.3 Å². The van der Waals surface area contributed by atoms with Crippen LogP contribution >= 0.6 is 0 Å². The van der Waals surface area contributed by atoms with Crippen LogP contribution in [0.5, 0.6) is 17.2 Å². The highest BCUT2D eigenvalue weighted by Gasteiger charge is 2.21. The molecular weight excluding hydrogens is 310 g/mol. The predicted molar refractivity (Wildman–Crippen MR) is 92.0 cm³/mol. The van der Waals surface area contributed by atoms with Crippen molar-refractivity contribution in [3.8, 4) is 28.6 Å². The van der Waals surface area contributed by atoms with E-state index in [1.54, 1.807) is 18.2 Å². The molecular formula is C18H17NO5. The van der Waals surface area contributed by atoms with Crippen molar-refractivity contribution in [3.05, 3.63) is 46.6 Å². The molecule has 0 radical (unpaired) electrons. The van der Waals surface area contributed by atoms with Crippen molar-refractivity contribution >= 4 is 16.7 Å². The summed E-state index contributed by atoms with van der Waals surface area (Å²) in [7, 11) is 4.44. The van der Waals surface area contributed by atoms with Crippen molar-refractivity contribution in [1.82, 2.24) is 0 Å². The summed E-state index contributed by atoms with van der Waals surface area (Å²) >= 11 is 0. The summed E-state index contributed by atoms with van der Waals surface area (Å²) in [6.45, 7) is 0. The van der Waals surface area contributed by atoms with Crippen LogP contribution in [0.1, 0.15) is 0 Å². The highest BCUT2D eigenvalue weighted by atomic mass is 16.5. The largest absolute Gasteiger partial charge is 0.493 e. The number of hydrogen-bond donors (Lipinski definition) is 1. The second-order valence-corrected chi connectivity index (χ2v) is 5.08. The molecule has 0 bridgehead atoms. The zero-order chi connectivity index (χ0) is 17.3. The summed E-state index contributed by atoms with van der Waals surface area (Å²) in [5.74, 6) is 1.39. The van der Waals surface area contributed by atoms with Crippen molar-refractivity contribution in [2.45, 2.75) is 0 Å². The van der Waals surface area contributed by atoms with Gasteiger partial charge in [-0.3, -0.25) is 4.79 Å². The maximum atomic E-state index is 12.7. The lowest BCUT2D eigenvalue weighted by Crippen LogP contribution is -2.05. The van der Waals surface area contributed by atoms with Gasteiger partial charge in [-0.15, -0.1) is 0 Å². The maximum Gasteiger partial charge on any atom is 0.204 e. The van der Waals surface area contributed by atoms with Gasteiger partial charge >= 0.3 is 0 Å². The molecule has 1 aromatic heterocycles. The first-order chi connectivity index (χ1) is 11.6. The van der Waals surface area contributed by atoms with Gasteiger partial charge in [0.05, 0.1) is 21.3 Å². The smallest absolute Gasteiger partial charge is 0.204 e. The molecule has 3 rings (SSSR count). The Kier molecular flexibility index (Phi) is 4.04. The van der Waals surface area contributed by atoms with Gasteiger partial charge in [-0.1, -0.05) is 12.1 Å². The average Bonchev–Trinajstić information content (AvgIpc) is 2.60. The monoisotopic (exact) mass is 327 g/mol. The minimum absolute atomic E-state index is 0.257. The standard InChI is InChI=1S/C18H17NO5/c1-21-15-9-14-16(18(23-3)17(15)22-2)12(20)8-13(24-14)10-6-4-5-7-11(10)19/h4-9H,19H2,1-3H3. The lowest BCUT2D eigenvalue weighted by atomic mass is 10.1. The molecule has 24 heavy (non-hydrogen) atoms. The minimum atomic E-state index is -0.257. The molecule has 6 nitrogen and oxygen atoms in total. The number of hydrogen-bond acceptors (Lipinski definition) is 6. The molecule has 0 amide bonds. The summed E-state index contributed by atoms with van der Waals surface area (Å²) in [6.07, 6.45) is 0. The fourth-order valence-electron chi connectivity index (χ4n) is 2.64. The Balaban J connectivity index is 2.37. The summed E-state index contributed by atoms with van der Waals surface area (Å²) in [5, 5.41) is 0.286. The predicted octanol–water partition coefficient (Wildman–Crippen LogP) is 3.07. The first-order valence-electron chi connectivity index (χ1n) is 7.22. The quantitative estimate of drug-likeness (QED) is 0.741. The summed E-state index contributed by atoms with van der Waals surface area (Å²) < 4.78 is 21.9. The van der Waals surface area contributed by atoms with Gasteiger partial charge in [0.15, 0.2) is 16.9 Å². The van der Waals surface area contributed by atoms with Gasteiger partial charge in [-0.2, -0.15) is 0 Å². The first kappa shape index (κ1) is 15.7. The van der Waals surface area contributed by atoms with E-state index in [1.165, 1.54) is 27.4 Å². The van der Waals surface area contributed by atoms with Crippen LogP contribution in [-0.4, -0.2) is 21.3 Å². The molecule has 1 heterocycles. The van der Waals surface area contributed by atoms with Gasteiger partial charge in [-0.25, -0.2) is 0 Å². The molecule has 0 aliphatic carbocycles. The first-order valence-corrected chi connectivity index (χ1v) is 7.22. The highest BCUT2D eigenvalue weighted by Crippen LogP contribution is 2.42. The molecule has 0 fully saturated rings. The van der Waals surface area contributed by atoms with E-state index >= 15 is 0 Å². The molecule has 0 unspecified atom stereocenters. The van der Waals surface area contributed by atoms with E-state index in [9.17, 15) is 4.79 Å². The average molecular weight is 327 g/mol. The fourth-order valence-corrected chi connectivity index (χ4v) is 2.64. The van der Waals surface area contributed by atoms with Crippen LogP contribution < -0.4 is 25.4 Å². The Morgan fingerprint density at radius 3 is 2.29 bits per heavy atom. The van der Waals surface area contributed by atoms with Crippen molar-refractivity contribution in [2.75, 3.05) is 27.1 Å². The normalized spacial score (nSPS) is 10.6. The van der Waals surface area contributed by atoms with Crippen LogP contribution in [-0.2, 0) is 0 Å². The number of nitrogen functional groups attached to an aromatic ring is 1. The van der Waals surface area contributed by atoms with Crippen molar-refractivity contribution in [3.63, 3.8) is 0 Å². The molecule has 0 saturated heterocycles. The summed E-state index contributed by atoms with van der Waals surface area (Å²) in [6, 6.07) is 10.2. The van der Waals surface area contributed by atoms with Crippen LogP contribution in [0.15, 0.2) is 45.6 Å². The zero-order valence-corrected chi connectivity index (χ0v) is 13.6. The van der Waals surface area contributed by atoms with Gasteiger partial charge in [-0.05, 0) is 12.1 Å². The number of para-hydroxylation sites is 1. The summed E-state index contributed by atoms with van der Waals surface area (Å²) in [5.41, 5.74) is 7.21. The van der Waals surface area contributed by atoms with Crippen LogP contribution in [0, 0.1) is 0 Å². The van der Waals surface area contributed by atoms with E-state index in [0.29, 0.717) is 34.1 Å². The molecule has 0 aliphatic heterocycles. The number of rotatable bonds is 4. The number of anilines is 1. The second-order valence-electron chi connectivity index (χ2n) is 5.08. The Morgan fingerprint density at radius 1 is 0.958 bits per heavy atom. The Labute approximate surface area is 138 Å².